The monoisotopic (exact) mass is 366 g/mol. The van der Waals surface area contributed by atoms with E-state index < -0.39 is 5.97 Å². The van der Waals surface area contributed by atoms with E-state index in [2.05, 4.69) is 47.8 Å². The molecule has 1 aliphatic rings. The van der Waals surface area contributed by atoms with Crippen molar-refractivity contribution < 1.29 is 13.9 Å². The van der Waals surface area contributed by atoms with E-state index in [1.807, 2.05) is 13.8 Å². The summed E-state index contributed by atoms with van der Waals surface area (Å²) in [5.74, 6) is 0.667. The molecule has 3 rings (SSSR count). The van der Waals surface area contributed by atoms with Crippen molar-refractivity contribution in [3.63, 3.8) is 0 Å². The van der Waals surface area contributed by atoms with E-state index in [4.69, 9.17) is 9.15 Å². The van der Waals surface area contributed by atoms with Gasteiger partial charge in [0.25, 0.3) is 0 Å². The molecule has 27 heavy (non-hydrogen) atoms. The number of rotatable bonds is 5. The second-order valence-corrected chi connectivity index (χ2v) is 6.67. The average molecular weight is 366 g/mol. The molecule has 1 N–H and O–H groups in total. The van der Waals surface area contributed by atoms with Crippen molar-refractivity contribution in [3.05, 3.63) is 69.7 Å². The number of hydrazone groups is 1. The molecule has 1 heterocycles. The van der Waals surface area contributed by atoms with Gasteiger partial charge in [-0.25, -0.2) is 4.79 Å². The number of hydrogen-bond acceptors (Lipinski definition) is 5. The number of nitrogens with zero attached hydrogens (tertiary/aromatic N) is 1. The van der Waals surface area contributed by atoms with Gasteiger partial charge in [0.2, 0.25) is 5.76 Å². The van der Waals surface area contributed by atoms with Crippen molar-refractivity contribution in [2.24, 2.45) is 5.10 Å². The van der Waals surface area contributed by atoms with E-state index in [1.54, 1.807) is 6.92 Å². The molecule has 0 unspecified atom stereocenters. The first kappa shape index (κ1) is 19.0. The SMILES string of the molecule is C/C=C1/CCc2oc(C(=O)OCC)c(C)c2/C1=N/NCc1ccc(C)cc1. The van der Waals surface area contributed by atoms with E-state index >= 15 is 0 Å². The van der Waals surface area contributed by atoms with Crippen LogP contribution in [0.15, 0.2) is 45.4 Å². The summed E-state index contributed by atoms with van der Waals surface area (Å²) in [6.45, 7) is 8.72. The van der Waals surface area contributed by atoms with Gasteiger partial charge in [0.1, 0.15) is 5.76 Å². The summed E-state index contributed by atoms with van der Waals surface area (Å²) in [4.78, 5) is 12.2. The van der Waals surface area contributed by atoms with E-state index in [-0.39, 0.29) is 5.76 Å². The van der Waals surface area contributed by atoms with Crippen LogP contribution in [0.4, 0.5) is 0 Å². The van der Waals surface area contributed by atoms with Crippen LogP contribution in [0.1, 0.15) is 58.8 Å². The number of aryl methyl sites for hydroxylation is 2. The molecule has 5 heteroatoms. The summed E-state index contributed by atoms with van der Waals surface area (Å²) in [5, 5.41) is 4.66. The third-order valence-corrected chi connectivity index (χ3v) is 4.79. The lowest BCUT2D eigenvalue weighted by Crippen LogP contribution is -2.19. The van der Waals surface area contributed by atoms with Crippen LogP contribution in [-0.4, -0.2) is 18.3 Å². The molecule has 0 fully saturated rings. The highest BCUT2D eigenvalue weighted by Gasteiger charge is 2.30. The molecular formula is C22H26N2O3. The Bertz CT molecular complexity index is 889. The molecule has 0 saturated heterocycles. The van der Waals surface area contributed by atoms with Gasteiger partial charge in [-0.3, -0.25) is 0 Å². The van der Waals surface area contributed by atoms with Gasteiger partial charge in [-0.15, -0.1) is 0 Å². The quantitative estimate of drug-likeness (QED) is 0.627. The summed E-state index contributed by atoms with van der Waals surface area (Å²) >= 11 is 0. The molecule has 0 bridgehead atoms. The van der Waals surface area contributed by atoms with Gasteiger partial charge < -0.3 is 14.6 Å². The van der Waals surface area contributed by atoms with Crippen LogP contribution in [0.2, 0.25) is 0 Å². The Hall–Kier alpha value is -2.82. The van der Waals surface area contributed by atoms with Gasteiger partial charge in [0.05, 0.1) is 18.9 Å². The minimum atomic E-state index is -0.418. The Labute approximate surface area is 160 Å². The predicted molar refractivity (Wildman–Crippen MR) is 106 cm³/mol. The Balaban J connectivity index is 1.89. The standard InChI is InChI=1S/C22H26N2O3/c1-5-17-11-12-18-19(15(4)21(27-18)22(25)26-6-2)20(17)24-23-13-16-9-7-14(3)8-10-16/h5,7-10,23H,6,11-13H2,1-4H3/b17-5-,24-20+. The average Bonchev–Trinajstić information content (AvgIpc) is 3.01. The fraction of sp³-hybridized carbons (Fsp3) is 0.364. The van der Waals surface area contributed by atoms with Crippen molar-refractivity contribution in [2.45, 2.75) is 47.1 Å². The van der Waals surface area contributed by atoms with E-state index in [1.165, 1.54) is 11.1 Å². The first-order valence-electron chi connectivity index (χ1n) is 9.36. The van der Waals surface area contributed by atoms with Crippen LogP contribution in [0, 0.1) is 13.8 Å². The summed E-state index contributed by atoms with van der Waals surface area (Å²) in [6, 6.07) is 8.36. The van der Waals surface area contributed by atoms with Crippen LogP contribution in [-0.2, 0) is 17.7 Å². The minimum absolute atomic E-state index is 0.283. The highest BCUT2D eigenvalue weighted by Crippen LogP contribution is 2.32. The van der Waals surface area contributed by atoms with Crippen LogP contribution in [0.25, 0.3) is 0 Å². The molecule has 0 spiro atoms. The number of carbonyl (C=O) groups is 1. The first-order valence-corrected chi connectivity index (χ1v) is 9.36. The van der Waals surface area contributed by atoms with Gasteiger partial charge in [-0.05, 0) is 45.3 Å². The lowest BCUT2D eigenvalue weighted by molar-refractivity contribution is 0.0487. The fourth-order valence-electron chi connectivity index (χ4n) is 3.30. The van der Waals surface area contributed by atoms with Crippen LogP contribution >= 0.6 is 0 Å². The maximum Gasteiger partial charge on any atom is 0.374 e. The third-order valence-electron chi connectivity index (χ3n) is 4.79. The number of carbonyl (C=O) groups excluding carboxylic acids is 1. The van der Waals surface area contributed by atoms with Crippen molar-refractivity contribution in [1.29, 1.82) is 0 Å². The summed E-state index contributed by atoms with van der Waals surface area (Å²) in [5.41, 5.74) is 9.28. The van der Waals surface area contributed by atoms with E-state index in [0.717, 1.165) is 41.0 Å². The molecule has 0 saturated carbocycles. The molecule has 142 valence electrons. The summed E-state index contributed by atoms with van der Waals surface area (Å²) in [7, 11) is 0. The van der Waals surface area contributed by atoms with Crippen molar-refractivity contribution in [2.75, 3.05) is 6.61 Å². The van der Waals surface area contributed by atoms with Crippen LogP contribution in [0.5, 0.6) is 0 Å². The second-order valence-electron chi connectivity index (χ2n) is 6.67. The number of esters is 1. The molecule has 0 atom stereocenters. The van der Waals surface area contributed by atoms with Gasteiger partial charge in [-0.2, -0.15) is 5.10 Å². The maximum atomic E-state index is 12.2. The molecule has 2 aromatic rings. The number of ether oxygens (including phenoxy) is 1. The van der Waals surface area contributed by atoms with Gasteiger partial charge >= 0.3 is 5.97 Å². The Morgan fingerprint density at radius 2 is 2.00 bits per heavy atom. The first-order chi connectivity index (χ1) is 13.0. The van der Waals surface area contributed by atoms with Gasteiger partial charge in [0.15, 0.2) is 0 Å². The Morgan fingerprint density at radius 1 is 1.26 bits per heavy atom. The van der Waals surface area contributed by atoms with Crippen LogP contribution in [0.3, 0.4) is 0 Å². The number of hydrogen-bond donors (Lipinski definition) is 1. The van der Waals surface area contributed by atoms with Crippen molar-refractivity contribution in [3.8, 4) is 0 Å². The second kappa shape index (κ2) is 8.25. The third kappa shape index (κ3) is 3.97. The number of furan rings is 1. The highest BCUT2D eigenvalue weighted by atomic mass is 16.5. The van der Waals surface area contributed by atoms with Crippen molar-refractivity contribution >= 4 is 11.7 Å². The lowest BCUT2D eigenvalue weighted by atomic mass is 9.88. The van der Waals surface area contributed by atoms with Crippen LogP contribution < -0.4 is 5.43 Å². The predicted octanol–water partition coefficient (Wildman–Crippen LogP) is 4.46. The minimum Gasteiger partial charge on any atom is -0.460 e. The topological polar surface area (TPSA) is 63.8 Å². The van der Waals surface area contributed by atoms with Gasteiger partial charge in [-0.1, -0.05) is 35.9 Å². The van der Waals surface area contributed by atoms with E-state index in [9.17, 15) is 4.79 Å². The van der Waals surface area contributed by atoms with Crippen molar-refractivity contribution in [1.82, 2.24) is 5.43 Å². The molecule has 1 aromatic carbocycles. The number of fused-ring (bicyclic) bond motifs is 1. The largest absolute Gasteiger partial charge is 0.460 e. The molecule has 5 nitrogen and oxygen atoms in total. The molecular weight excluding hydrogens is 340 g/mol. The fourth-order valence-corrected chi connectivity index (χ4v) is 3.30. The number of allylic oxidation sites excluding steroid dienone is 2. The summed E-state index contributed by atoms with van der Waals surface area (Å²) in [6.07, 6.45) is 3.67. The Kier molecular flexibility index (Phi) is 5.79. The smallest absolute Gasteiger partial charge is 0.374 e. The molecule has 1 aliphatic carbocycles. The van der Waals surface area contributed by atoms with Gasteiger partial charge in [0, 0.05) is 17.5 Å². The molecule has 0 amide bonds. The normalized spacial score (nSPS) is 16.4. The molecule has 0 radical (unpaired) electrons. The maximum absolute atomic E-state index is 12.2. The highest BCUT2D eigenvalue weighted by molar-refractivity contribution is 6.15. The zero-order valence-electron chi connectivity index (χ0n) is 16.4. The number of benzene rings is 1. The number of nitrogens with one attached hydrogen (secondary N) is 1. The Morgan fingerprint density at radius 3 is 2.67 bits per heavy atom. The lowest BCUT2D eigenvalue weighted by Gasteiger charge is -2.17. The zero-order chi connectivity index (χ0) is 19.4. The zero-order valence-corrected chi connectivity index (χ0v) is 16.4. The molecule has 0 aliphatic heterocycles. The summed E-state index contributed by atoms with van der Waals surface area (Å²) < 4.78 is 11.0. The van der Waals surface area contributed by atoms with E-state index in [0.29, 0.717) is 13.2 Å². The molecule has 1 aromatic heterocycles.